The average molecular weight is 1520 g/mol. The van der Waals surface area contributed by atoms with E-state index < -0.39 is 0 Å². The van der Waals surface area contributed by atoms with Crippen molar-refractivity contribution in [1.82, 2.24) is 0 Å². The molecule has 2 unspecified atom stereocenters. The Balaban J connectivity index is -0.000000153. The Bertz CT molecular complexity index is 3790. The van der Waals surface area contributed by atoms with Gasteiger partial charge in [0.25, 0.3) is 0 Å². The Kier molecular flexibility index (Phi) is 98.2. The van der Waals surface area contributed by atoms with E-state index in [0.717, 1.165) is 0 Å². The molecule has 16 rings (SSSR count). The molecule has 12 aromatic rings. The summed E-state index contributed by atoms with van der Waals surface area (Å²) in [5.74, 6) is 1.12. The molecule has 0 bridgehead atoms. The highest BCUT2D eigenvalue weighted by molar-refractivity contribution is 6.07. The predicted molar refractivity (Wildman–Crippen MR) is 540 cm³/mol. The maximum absolute atomic E-state index is 2.27. The molecule has 0 radical (unpaired) electrons. The van der Waals surface area contributed by atoms with Crippen molar-refractivity contribution in [2.45, 2.75) is 277 Å². The standard InChI is InChI=1S/C18H12.C16H12.2C14H10.C10H8.20C2H6/c1-2-6-14-10-18-12-16-8-4-3-7-15(16)11-17(18)9-13(14)5-1;1-3-11-7-9-13-5-2-6-14-10-8-12(4-1)15(11)16(13)14;1-3-7-13-11(5-1)9-10-12-6-2-4-8-14(12)13;1-2-6-12-10-14-8-4-3-7-13(14)9-11(12)5-1;1-2-6-10-8-4-3-7-9(10)5-1;20*1-2/h1-12H;1-10,15-16H;2*1-10H;1-8H;20*1-2H3. The second-order valence-electron chi connectivity index (χ2n) is 18.8. The minimum atomic E-state index is 0.561. The van der Waals surface area contributed by atoms with Crippen molar-refractivity contribution in [1.29, 1.82) is 0 Å². The van der Waals surface area contributed by atoms with Crippen molar-refractivity contribution in [3.05, 3.63) is 326 Å². The molecule has 620 valence electrons. The Hall–Kier alpha value is -9.10. The van der Waals surface area contributed by atoms with Gasteiger partial charge < -0.3 is 0 Å². The third-order valence-corrected chi connectivity index (χ3v) is 14.4. The van der Waals surface area contributed by atoms with Crippen molar-refractivity contribution < 1.29 is 0 Å². The van der Waals surface area contributed by atoms with E-state index in [1.165, 1.54) is 108 Å². The summed E-state index contributed by atoms with van der Waals surface area (Å²) in [7, 11) is 0. The van der Waals surface area contributed by atoms with Crippen LogP contribution >= 0.6 is 0 Å². The van der Waals surface area contributed by atoms with Gasteiger partial charge in [0.2, 0.25) is 0 Å². The predicted octanol–water partition coefficient (Wildman–Crippen LogP) is 40.1. The number of rotatable bonds is 0. The van der Waals surface area contributed by atoms with Crippen LogP contribution in [0.1, 0.15) is 277 Å². The number of benzene rings is 12. The Morgan fingerprint density at radius 1 is 0.134 bits per heavy atom. The Labute approximate surface area is 696 Å². The minimum Gasteiger partial charge on any atom is -0.0683 e. The molecular weight excluding hydrogens is 1350 g/mol. The molecule has 0 heteroatoms. The number of fused-ring (bicyclic) bond motifs is 9. The van der Waals surface area contributed by atoms with Gasteiger partial charge in [0.05, 0.1) is 0 Å². The lowest BCUT2D eigenvalue weighted by molar-refractivity contribution is 0.564. The summed E-state index contributed by atoms with van der Waals surface area (Å²) < 4.78 is 0. The fraction of sp³-hybridized carbons (Fsp3) is 0.375. The van der Waals surface area contributed by atoms with Crippen LogP contribution in [0.5, 0.6) is 0 Å². The molecule has 12 aromatic carbocycles. The number of allylic oxidation sites excluding steroid dienone is 14. The van der Waals surface area contributed by atoms with Crippen LogP contribution in [0.2, 0.25) is 0 Å². The third kappa shape index (κ3) is 42.5. The van der Waals surface area contributed by atoms with Crippen molar-refractivity contribution in [2.24, 2.45) is 11.8 Å². The Morgan fingerprint density at radius 3 is 0.482 bits per heavy atom. The molecule has 0 fully saturated rings. The van der Waals surface area contributed by atoms with Crippen LogP contribution < -0.4 is 0 Å². The van der Waals surface area contributed by atoms with Gasteiger partial charge in [-0.3, -0.25) is 0 Å². The lowest BCUT2D eigenvalue weighted by atomic mass is 9.65. The zero-order chi connectivity index (χ0) is 88.1. The molecule has 0 aromatic heterocycles. The fourth-order valence-corrected chi connectivity index (χ4v) is 10.7. The molecule has 0 amide bonds. The van der Waals surface area contributed by atoms with Crippen LogP contribution in [-0.2, 0) is 0 Å². The van der Waals surface area contributed by atoms with Gasteiger partial charge in [-0.25, -0.2) is 0 Å². The van der Waals surface area contributed by atoms with E-state index in [2.05, 4.69) is 303 Å². The lowest BCUT2D eigenvalue weighted by Crippen LogP contribution is -2.28. The molecule has 0 saturated heterocycles. The van der Waals surface area contributed by atoms with Gasteiger partial charge in [0.15, 0.2) is 0 Å². The average Bonchev–Trinajstić information content (AvgIpc) is 0.746. The molecular formula is C112H172. The summed E-state index contributed by atoms with van der Waals surface area (Å²) in [4.78, 5) is 0. The maximum atomic E-state index is 2.27. The van der Waals surface area contributed by atoms with Gasteiger partial charge in [-0.2, -0.15) is 0 Å². The first-order valence-electron chi connectivity index (χ1n) is 45.0. The first-order chi connectivity index (χ1) is 55.7. The molecule has 0 spiro atoms. The molecule has 4 aliphatic carbocycles. The molecule has 0 N–H and O–H groups in total. The summed E-state index contributed by atoms with van der Waals surface area (Å²) in [6.45, 7) is 80.0. The van der Waals surface area contributed by atoms with E-state index in [-0.39, 0.29) is 0 Å². The van der Waals surface area contributed by atoms with E-state index >= 15 is 0 Å². The zero-order valence-corrected chi connectivity index (χ0v) is 80.0. The molecule has 0 heterocycles. The van der Waals surface area contributed by atoms with Crippen LogP contribution in [0.15, 0.2) is 326 Å². The maximum Gasteiger partial charge on any atom is 0.0199 e. The van der Waals surface area contributed by atoms with E-state index in [9.17, 15) is 0 Å². The van der Waals surface area contributed by atoms with Gasteiger partial charge in [-0.15, -0.1) is 0 Å². The summed E-state index contributed by atoms with van der Waals surface area (Å²) in [6.07, 6.45) is 22.4. The molecule has 4 aliphatic rings. The molecule has 0 saturated carbocycles. The summed E-state index contributed by atoms with van der Waals surface area (Å²) >= 11 is 0. The van der Waals surface area contributed by atoms with Crippen LogP contribution in [-0.4, -0.2) is 0 Å². The highest BCUT2D eigenvalue weighted by Gasteiger charge is 2.36. The largest absolute Gasteiger partial charge is 0.0683 e. The fourth-order valence-electron chi connectivity index (χ4n) is 10.7. The van der Waals surface area contributed by atoms with Crippen LogP contribution in [0, 0.1) is 11.8 Å². The monoisotopic (exact) mass is 1520 g/mol. The normalized spacial score (nSPS) is 11.1. The van der Waals surface area contributed by atoms with Gasteiger partial charge in [0.1, 0.15) is 0 Å². The summed E-state index contributed by atoms with van der Waals surface area (Å²) in [5, 5.41) is 21.0. The number of hydrogen-bond acceptors (Lipinski definition) is 0. The SMILES string of the molecule is C1=CC2=CC=C3C=CC=C4C=CC(=C1)C2C43.CC.CC.CC.CC.CC.CC.CC.CC.CC.CC.CC.CC.CC.CC.CC.CC.CC.CC.CC.CC.c1ccc2c(c1)ccc1ccccc12.c1ccc2cc3cc4ccccc4cc3cc2c1.c1ccc2cc3ccccc3cc2c1.c1ccc2ccccc2c1. The zero-order valence-electron chi connectivity index (χ0n) is 80.0. The summed E-state index contributed by atoms with van der Waals surface area (Å²) in [6, 6.07) is 85.7. The van der Waals surface area contributed by atoms with Gasteiger partial charge in [-0.05, 0) is 145 Å². The van der Waals surface area contributed by atoms with E-state index in [4.69, 9.17) is 0 Å². The molecule has 0 nitrogen and oxygen atoms in total. The molecule has 0 aliphatic heterocycles. The quantitative estimate of drug-likeness (QED) is 0.105. The first kappa shape index (κ1) is 121. The minimum absolute atomic E-state index is 0.561. The van der Waals surface area contributed by atoms with Gasteiger partial charge in [0, 0.05) is 11.8 Å². The van der Waals surface area contributed by atoms with Gasteiger partial charge in [-0.1, -0.05) is 544 Å². The van der Waals surface area contributed by atoms with Crippen LogP contribution in [0.4, 0.5) is 0 Å². The number of hydrogen-bond donors (Lipinski definition) is 0. The molecule has 2 atom stereocenters. The highest BCUT2D eigenvalue weighted by Crippen LogP contribution is 2.48. The first-order valence-corrected chi connectivity index (χ1v) is 45.0. The second kappa shape index (κ2) is 90.8. The molecule has 112 heavy (non-hydrogen) atoms. The summed E-state index contributed by atoms with van der Waals surface area (Å²) in [5.41, 5.74) is 5.82. The van der Waals surface area contributed by atoms with E-state index in [0.29, 0.717) is 11.8 Å². The van der Waals surface area contributed by atoms with Crippen LogP contribution in [0.25, 0.3) is 86.2 Å². The van der Waals surface area contributed by atoms with Crippen molar-refractivity contribution >= 4 is 86.2 Å². The highest BCUT2D eigenvalue weighted by atomic mass is 14.4. The smallest absolute Gasteiger partial charge is 0.0199 e. The van der Waals surface area contributed by atoms with Crippen molar-refractivity contribution in [3.63, 3.8) is 0 Å². The second-order valence-corrected chi connectivity index (χ2v) is 18.8. The lowest BCUT2D eigenvalue weighted by Gasteiger charge is -2.39. The van der Waals surface area contributed by atoms with Gasteiger partial charge >= 0.3 is 0 Å². The van der Waals surface area contributed by atoms with Crippen LogP contribution in [0.3, 0.4) is 0 Å². The van der Waals surface area contributed by atoms with Crippen molar-refractivity contribution in [3.8, 4) is 0 Å². The topological polar surface area (TPSA) is 0 Å². The Morgan fingerprint density at radius 2 is 0.286 bits per heavy atom. The third-order valence-electron chi connectivity index (χ3n) is 14.4. The van der Waals surface area contributed by atoms with E-state index in [1.54, 1.807) is 0 Å². The van der Waals surface area contributed by atoms with Crippen molar-refractivity contribution in [2.75, 3.05) is 0 Å². The van der Waals surface area contributed by atoms with E-state index in [1.807, 2.05) is 277 Å².